The molecule has 0 spiro atoms. The topological polar surface area (TPSA) is 0 Å². The molecule has 16 aliphatic carbocycles. The second-order valence-electron chi connectivity index (χ2n) is 31.3. The van der Waals surface area contributed by atoms with Gasteiger partial charge in [0.25, 0.3) is 0 Å². The van der Waals surface area contributed by atoms with Crippen LogP contribution < -0.4 is 0 Å². The van der Waals surface area contributed by atoms with Gasteiger partial charge < -0.3 is 0 Å². The van der Waals surface area contributed by atoms with E-state index in [9.17, 15) is 0 Å². The van der Waals surface area contributed by atoms with Gasteiger partial charge in [0.15, 0.2) is 0 Å². The summed E-state index contributed by atoms with van der Waals surface area (Å²) in [4.78, 5) is 0. The molecule has 0 saturated heterocycles. The number of hydrogen-bond donors (Lipinski definition) is 0. The van der Waals surface area contributed by atoms with Gasteiger partial charge in [0.05, 0.1) is 0 Å². The van der Waals surface area contributed by atoms with Gasteiger partial charge in [-0.05, 0) is 282 Å². The van der Waals surface area contributed by atoms with Crippen molar-refractivity contribution in [2.45, 2.75) is 204 Å². The third-order valence-corrected chi connectivity index (χ3v) is 26.3. The van der Waals surface area contributed by atoms with Crippen molar-refractivity contribution in [3.05, 3.63) is 131 Å². The van der Waals surface area contributed by atoms with Gasteiger partial charge in [-0.15, -0.1) is 69.1 Å². The molecule has 0 atom stereocenters. The summed E-state index contributed by atoms with van der Waals surface area (Å²) in [5.41, 5.74) is 14.5. The molecular weight excluding hydrogens is 1100 g/mol. The van der Waals surface area contributed by atoms with Gasteiger partial charge in [0.2, 0.25) is 0 Å². The van der Waals surface area contributed by atoms with E-state index < -0.39 is 20.8 Å². The van der Waals surface area contributed by atoms with E-state index in [2.05, 4.69) is 123 Å². The first-order chi connectivity index (χ1) is 39.0. The Morgan fingerprint density at radius 1 is 0.425 bits per heavy atom. The monoisotopic (exact) mass is 1190 g/mol. The number of halogens is 2. The van der Waals surface area contributed by atoms with Crippen LogP contribution in [0.25, 0.3) is 43.8 Å². The molecular formula is C76H92Cl2SiZr. The molecule has 4 heteroatoms. The van der Waals surface area contributed by atoms with Crippen molar-refractivity contribution < 1.29 is 20.8 Å². The molecule has 0 N–H and O–H groups in total. The van der Waals surface area contributed by atoms with Gasteiger partial charge in [-0.2, -0.15) is 12.1 Å². The number of benzene rings is 4. The van der Waals surface area contributed by atoms with E-state index in [-0.39, 0.29) is 0 Å². The van der Waals surface area contributed by atoms with Gasteiger partial charge in [-0.1, -0.05) is 97.7 Å². The predicted molar refractivity (Wildman–Crippen MR) is 337 cm³/mol. The largest absolute Gasteiger partial charge is 0.164 e. The van der Waals surface area contributed by atoms with Gasteiger partial charge in [0.1, 0.15) is 0 Å². The van der Waals surface area contributed by atoms with Crippen molar-refractivity contribution >= 4 is 48.1 Å². The minimum atomic E-state index is -0.826. The van der Waals surface area contributed by atoms with E-state index in [4.69, 9.17) is 17.0 Å². The molecule has 0 unspecified atom stereocenters. The average Bonchev–Trinajstić information content (AvgIpc) is 4.06. The van der Waals surface area contributed by atoms with E-state index in [1.807, 2.05) is 0 Å². The average molecular weight is 1200 g/mol. The fraction of sp³-hybridized carbons (Fsp3) is 0.605. The van der Waals surface area contributed by atoms with Crippen LogP contribution in [0.5, 0.6) is 0 Å². The van der Waals surface area contributed by atoms with Crippen LogP contribution in [0, 0.1) is 81.8 Å². The molecule has 16 fully saturated rings. The molecule has 80 heavy (non-hydrogen) atoms. The Bertz CT molecular complexity index is 2800. The van der Waals surface area contributed by atoms with Crippen LogP contribution in [0.3, 0.4) is 0 Å². The Hall–Kier alpha value is -2.22. The fourth-order valence-electron chi connectivity index (χ4n) is 24.4. The van der Waals surface area contributed by atoms with E-state index in [1.54, 1.807) is 60.8 Å². The van der Waals surface area contributed by atoms with Crippen molar-refractivity contribution in [2.24, 2.45) is 81.8 Å². The molecule has 6 aromatic carbocycles. The smallest absolute Gasteiger partial charge is 0.00391 e. The van der Waals surface area contributed by atoms with Crippen LogP contribution in [-0.2, 0) is 44.5 Å². The summed E-state index contributed by atoms with van der Waals surface area (Å²) in [5.74, 6) is 12.4. The normalized spacial score (nSPS) is 38.5. The van der Waals surface area contributed by atoms with Crippen LogP contribution in [0.1, 0.15) is 190 Å². The van der Waals surface area contributed by atoms with Crippen molar-refractivity contribution in [3.8, 4) is 22.3 Å². The Morgan fingerprint density at radius 2 is 0.713 bits per heavy atom. The van der Waals surface area contributed by atoms with Crippen molar-refractivity contribution in [2.75, 3.05) is 0 Å². The third-order valence-electron chi connectivity index (χ3n) is 25.3. The predicted octanol–water partition coefficient (Wildman–Crippen LogP) is 21.8. The molecule has 6 aromatic rings. The molecule has 16 aliphatic rings. The molecule has 418 valence electrons. The summed E-state index contributed by atoms with van der Waals surface area (Å²) in [5, 5.41) is 5.88. The van der Waals surface area contributed by atoms with Gasteiger partial charge in [-0.3, -0.25) is 0 Å². The number of hydrogen-bond acceptors (Lipinski definition) is 0. The van der Waals surface area contributed by atoms with Crippen molar-refractivity contribution in [1.82, 2.24) is 0 Å². The molecule has 2 radical (unpaired) electrons. The third kappa shape index (κ3) is 10.4. The van der Waals surface area contributed by atoms with Gasteiger partial charge in [0, 0.05) is 9.52 Å². The Kier molecular flexibility index (Phi) is 14.9. The van der Waals surface area contributed by atoms with E-state index in [1.165, 1.54) is 185 Å². The zero-order chi connectivity index (χ0) is 53.8. The molecule has 0 amide bonds. The number of rotatable bonds is 10. The SMILES string of the molecule is CCC[Si]C.[Cl][Zr+2][Cl].c1cc(-c2ccc(C34CC5CC(CC(C5)C3)C4)cc2)c2cc(CC34CC5CC(CC(C5)C3)C4)[cH-]c2c1.c1cc(-c2ccc(C34CC5CC(CC(C5)C3)C4)cc2)c2cc(CC34CC5CC(CC(C5)C3)C4)[cH-]c2c1. The summed E-state index contributed by atoms with van der Waals surface area (Å²) in [7, 11) is 11.0. The molecule has 0 aliphatic heterocycles. The molecule has 16 saturated carbocycles. The maximum absolute atomic E-state index is 4.93. The molecule has 22 rings (SSSR count). The van der Waals surface area contributed by atoms with E-state index in [0.29, 0.717) is 21.7 Å². The quantitative estimate of drug-likeness (QED) is 0.0947. The first kappa shape index (κ1) is 54.4. The number of fused-ring (bicyclic) bond motifs is 2. The maximum atomic E-state index is 4.93. The minimum absolute atomic E-state index is 0.505. The first-order valence-corrected chi connectivity index (χ1v) is 41.3. The Morgan fingerprint density at radius 3 is 0.975 bits per heavy atom. The summed E-state index contributed by atoms with van der Waals surface area (Å²) >= 11 is -0.826. The van der Waals surface area contributed by atoms with Crippen LogP contribution in [-0.4, -0.2) is 9.52 Å². The van der Waals surface area contributed by atoms with Crippen LogP contribution in [0.15, 0.2) is 109 Å². The van der Waals surface area contributed by atoms with E-state index in [0.717, 1.165) is 80.5 Å². The molecule has 0 aromatic heterocycles. The summed E-state index contributed by atoms with van der Waals surface area (Å²) in [6.07, 6.45) is 40.3. The summed E-state index contributed by atoms with van der Waals surface area (Å²) < 4.78 is 0. The standard InChI is InChI=1S/2C36H41.C4H10Si.2ClH.Zr/c2*1-2-31-14-29(19-35-16-23-8-24(17-35)10-25(9-23)18-35)15-34(31)33(3-1)30-4-6-32(7-5-30)36-20-26-11-27(21-36)13-28(12-26)22-36;1-3-4-5-2;;;/h2*1-7,14-15,23-28H,8-13,16-22H2;3-4H2,1-2H3;2*1H;/q2*-1;;;;+4/p-2. The molecule has 0 heterocycles. The van der Waals surface area contributed by atoms with Gasteiger partial charge >= 0.3 is 37.9 Å². The zero-order valence-corrected chi connectivity index (χ0v) is 53.8. The van der Waals surface area contributed by atoms with E-state index >= 15 is 0 Å². The van der Waals surface area contributed by atoms with Crippen LogP contribution >= 0.6 is 17.0 Å². The second kappa shape index (κ2) is 21.9. The molecule has 0 nitrogen and oxygen atoms in total. The summed E-state index contributed by atoms with van der Waals surface area (Å²) in [6.45, 7) is 4.46. The first-order valence-electron chi connectivity index (χ1n) is 33.2. The Labute approximate surface area is 504 Å². The summed E-state index contributed by atoms with van der Waals surface area (Å²) in [6, 6.07) is 45.7. The Balaban J connectivity index is 0.000000122. The van der Waals surface area contributed by atoms with Crippen LogP contribution in [0.4, 0.5) is 0 Å². The molecule has 16 bridgehead atoms. The van der Waals surface area contributed by atoms with Crippen molar-refractivity contribution in [3.63, 3.8) is 0 Å². The zero-order valence-electron chi connectivity index (χ0n) is 48.9. The second-order valence-corrected chi connectivity index (χ2v) is 36.2. The minimum Gasteiger partial charge on any atom is -0.164 e. The fourth-order valence-corrected chi connectivity index (χ4v) is 24.9. The van der Waals surface area contributed by atoms with Crippen molar-refractivity contribution in [1.29, 1.82) is 0 Å². The van der Waals surface area contributed by atoms with Crippen LogP contribution in [0.2, 0.25) is 12.6 Å². The van der Waals surface area contributed by atoms with Gasteiger partial charge in [-0.25, -0.2) is 0 Å². The maximum Gasteiger partial charge on any atom is -0.00391 e.